The Morgan fingerprint density at radius 2 is 1.58 bits per heavy atom. The SMILES string of the molecule is C=Cc1c(NC)cccc1Nc1ccnc(Nc2ccc(C(=C)Nc3ccccc3)cc2)n1. The quantitative estimate of drug-likeness (QED) is 0.234. The lowest BCUT2D eigenvalue weighted by atomic mass is 10.1. The monoisotopic (exact) mass is 434 g/mol. The highest BCUT2D eigenvalue weighted by Gasteiger charge is 2.07. The predicted octanol–water partition coefficient (Wildman–Crippen LogP) is 6.73. The van der Waals surface area contributed by atoms with Gasteiger partial charge in [0.1, 0.15) is 5.82 Å². The van der Waals surface area contributed by atoms with Gasteiger partial charge in [0.15, 0.2) is 0 Å². The number of nitrogens with zero attached hydrogens (tertiary/aromatic N) is 2. The Morgan fingerprint density at radius 3 is 2.30 bits per heavy atom. The molecule has 4 aromatic rings. The first-order valence-corrected chi connectivity index (χ1v) is 10.6. The zero-order chi connectivity index (χ0) is 23.0. The molecular weight excluding hydrogens is 408 g/mol. The van der Waals surface area contributed by atoms with E-state index in [1.54, 1.807) is 6.20 Å². The largest absolute Gasteiger partial charge is 0.388 e. The number of hydrogen-bond donors (Lipinski definition) is 4. The Balaban J connectivity index is 1.44. The van der Waals surface area contributed by atoms with Crippen LogP contribution >= 0.6 is 0 Å². The number of benzene rings is 3. The van der Waals surface area contributed by atoms with Gasteiger partial charge in [0.25, 0.3) is 0 Å². The van der Waals surface area contributed by atoms with Crippen molar-refractivity contribution in [1.82, 2.24) is 9.97 Å². The Morgan fingerprint density at radius 1 is 0.818 bits per heavy atom. The van der Waals surface area contributed by atoms with E-state index in [0.29, 0.717) is 11.8 Å². The molecule has 6 heteroatoms. The first kappa shape index (κ1) is 21.6. The molecule has 164 valence electrons. The molecule has 0 amide bonds. The van der Waals surface area contributed by atoms with Gasteiger partial charge in [0, 0.05) is 47.3 Å². The van der Waals surface area contributed by atoms with E-state index in [-0.39, 0.29) is 0 Å². The van der Waals surface area contributed by atoms with Crippen LogP contribution in [-0.4, -0.2) is 17.0 Å². The van der Waals surface area contributed by atoms with Gasteiger partial charge in [-0.05, 0) is 48.0 Å². The maximum Gasteiger partial charge on any atom is 0.229 e. The van der Waals surface area contributed by atoms with Crippen molar-refractivity contribution in [3.05, 3.63) is 109 Å². The molecule has 0 radical (unpaired) electrons. The molecule has 0 atom stereocenters. The third kappa shape index (κ3) is 5.37. The molecule has 0 saturated heterocycles. The average molecular weight is 435 g/mol. The highest BCUT2D eigenvalue weighted by Crippen LogP contribution is 2.28. The normalized spacial score (nSPS) is 10.2. The van der Waals surface area contributed by atoms with Gasteiger partial charge in [-0.15, -0.1) is 0 Å². The zero-order valence-electron chi connectivity index (χ0n) is 18.5. The van der Waals surface area contributed by atoms with Gasteiger partial charge in [-0.2, -0.15) is 4.98 Å². The molecule has 0 spiro atoms. The second kappa shape index (κ2) is 10.2. The Hall–Kier alpha value is -4.58. The van der Waals surface area contributed by atoms with Crippen LogP contribution in [0.3, 0.4) is 0 Å². The van der Waals surface area contributed by atoms with E-state index in [9.17, 15) is 0 Å². The van der Waals surface area contributed by atoms with Crippen LogP contribution in [0.1, 0.15) is 11.1 Å². The van der Waals surface area contributed by atoms with Crippen molar-refractivity contribution < 1.29 is 0 Å². The summed E-state index contributed by atoms with van der Waals surface area (Å²) < 4.78 is 0. The summed E-state index contributed by atoms with van der Waals surface area (Å²) in [7, 11) is 1.89. The van der Waals surface area contributed by atoms with Crippen LogP contribution in [0.4, 0.5) is 34.5 Å². The lowest BCUT2D eigenvalue weighted by molar-refractivity contribution is 1.16. The molecule has 0 fully saturated rings. The van der Waals surface area contributed by atoms with Gasteiger partial charge >= 0.3 is 0 Å². The van der Waals surface area contributed by atoms with E-state index < -0.39 is 0 Å². The van der Waals surface area contributed by atoms with Crippen molar-refractivity contribution in [2.45, 2.75) is 0 Å². The van der Waals surface area contributed by atoms with E-state index >= 15 is 0 Å². The molecule has 4 rings (SSSR count). The molecule has 0 aliphatic heterocycles. The molecule has 6 nitrogen and oxygen atoms in total. The Kier molecular flexibility index (Phi) is 6.66. The summed E-state index contributed by atoms with van der Waals surface area (Å²) in [5, 5.41) is 13.1. The average Bonchev–Trinajstić information content (AvgIpc) is 2.85. The number of rotatable bonds is 9. The molecule has 0 aliphatic carbocycles. The molecule has 4 N–H and O–H groups in total. The first-order chi connectivity index (χ1) is 16.2. The molecule has 3 aromatic carbocycles. The topological polar surface area (TPSA) is 73.9 Å². The zero-order valence-corrected chi connectivity index (χ0v) is 18.5. The summed E-state index contributed by atoms with van der Waals surface area (Å²) >= 11 is 0. The van der Waals surface area contributed by atoms with Crippen LogP contribution in [0.2, 0.25) is 0 Å². The number of anilines is 6. The van der Waals surface area contributed by atoms with Crippen molar-refractivity contribution in [3.63, 3.8) is 0 Å². The van der Waals surface area contributed by atoms with Crippen molar-refractivity contribution >= 4 is 46.3 Å². The van der Waals surface area contributed by atoms with Crippen LogP contribution in [0.25, 0.3) is 11.8 Å². The molecule has 1 aromatic heterocycles. The molecular formula is C27H26N6. The highest BCUT2D eigenvalue weighted by atomic mass is 15.1. The standard InChI is InChI=1S/C27H26N6/c1-4-23-24(28-3)11-8-12-25(23)32-26-17-18-29-27(33-26)31-22-15-13-20(14-16-22)19(2)30-21-9-6-5-7-10-21/h4-18,28,30H,1-2H2,3H3,(H2,29,31,32,33). The first-order valence-electron chi connectivity index (χ1n) is 10.6. The van der Waals surface area contributed by atoms with Crippen molar-refractivity contribution in [2.75, 3.05) is 28.3 Å². The molecule has 0 aliphatic rings. The van der Waals surface area contributed by atoms with Crippen molar-refractivity contribution in [1.29, 1.82) is 0 Å². The molecule has 0 bridgehead atoms. The van der Waals surface area contributed by atoms with Crippen molar-refractivity contribution in [2.24, 2.45) is 0 Å². The maximum absolute atomic E-state index is 4.59. The summed E-state index contributed by atoms with van der Waals surface area (Å²) in [5.41, 5.74) is 6.60. The van der Waals surface area contributed by atoms with Crippen LogP contribution in [-0.2, 0) is 0 Å². The summed E-state index contributed by atoms with van der Waals surface area (Å²) in [6.45, 7) is 8.06. The van der Waals surface area contributed by atoms with Gasteiger partial charge in [-0.1, -0.05) is 55.6 Å². The minimum absolute atomic E-state index is 0.499. The number of para-hydroxylation sites is 1. The summed E-state index contributed by atoms with van der Waals surface area (Å²) in [6, 6.07) is 25.7. The van der Waals surface area contributed by atoms with Gasteiger partial charge < -0.3 is 21.3 Å². The molecule has 0 saturated carbocycles. The van der Waals surface area contributed by atoms with Gasteiger partial charge in [-0.3, -0.25) is 0 Å². The molecule has 1 heterocycles. The number of nitrogens with one attached hydrogen (secondary N) is 4. The molecule has 0 unspecified atom stereocenters. The van der Waals surface area contributed by atoms with E-state index in [2.05, 4.69) is 44.4 Å². The number of aromatic nitrogens is 2. The summed E-state index contributed by atoms with van der Waals surface area (Å²) in [5.74, 6) is 1.18. The van der Waals surface area contributed by atoms with Gasteiger partial charge in [-0.25, -0.2) is 4.98 Å². The summed E-state index contributed by atoms with van der Waals surface area (Å²) in [4.78, 5) is 8.93. The Bertz CT molecular complexity index is 1250. The highest BCUT2D eigenvalue weighted by molar-refractivity contribution is 5.80. The summed E-state index contributed by atoms with van der Waals surface area (Å²) in [6.07, 6.45) is 3.53. The van der Waals surface area contributed by atoms with Gasteiger partial charge in [0.05, 0.1) is 0 Å². The van der Waals surface area contributed by atoms with E-state index in [0.717, 1.165) is 39.6 Å². The fourth-order valence-corrected chi connectivity index (χ4v) is 3.39. The van der Waals surface area contributed by atoms with Crippen LogP contribution < -0.4 is 21.3 Å². The smallest absolute Gasteiger partial charge is 0.229 e. The fourth-order valence-electron chi connectivity index (χ4n) is 3.39. The third-order valence-electron chi connectivity index (χ3n) is 5.06. The van der Waals surface area contributed by atoms with E-state index in [1.807, 2.05) is 92.0 Å². The lowest BCUT2D eigenvalue weighted by Gasteiger charge is -2.14. The van der Waals surface area contributed by atoms with E-state index in [4.69, 9.17) is 0 Å². The number of hydrogen-bond acceptors (Lipinski definition) is 6. The van der Waals surface area contributed by atoms with E-state index in [1.165, 1.54) is 0 Å². The maximum atomic E-state index is 4.59. The minimum atomic E-state index is 0.499. The third-order valence-corrected chi connectivity index (χ3v) is 5.06. The van der Waals surface area contributed by atoms with Crippen LogP contribution in [0, 0.1) is 0 Å². The second-order valence-corrected chi connectivity index (χ2v) is 7.28. The lowest BCUT2D eigenvalue weighted by Crippen LogP contribution is -2.02. The van der Waals surface area contributed by atoms with Crippen LogP contribution in [0.15, 0.2) is 98.2 Å². The second-order valence-electron chi connectivity index (χ2n) is 7.28. The van der Waals surface area contributed by atoms with Gasteiger partial charge in [0.2, 0.25) is 5.95 Å². The van der Waals surface area contributed by atoms with Crippen LogP contribution in [0.5, 0.6) is 0 Å². The fraction of sp³-hybridized carbons (Fsp3) is 0.0370. The minimum Gasteiger partial charge on any atom is -0.388 e. The van der Waals surface area contributed by atoms with Crippen molar-refractivity contribution in [3.8, 4) is 0 Å². The molecule has 33 heavy (non-hydrogen) atoms. The predicted molar refractivity (Wildman–Crippen MR) is 140 cm³/mol. The Labute approximate surface area is 194 Å².